The first-order valence-electron chi connectivity index (χ1n) is 9.49. The summed E-state index contributed by atoms with van der Waals surface area (Å²) in [6, 6.07) is 14.4. The molecule has 0 saturated carbocycles. The molecular weight excluding hydrogens is 404 g/mol. The van der Waals surface area contributed by atoms with Gasteiger partial charge >= 0.3 is 11.9 Å². The van der Waals surface area contributed by atoms with E-state index in [0.717, 1.165) is 6.92 Å². The summed E-state index contributed by atoms with van der Waals surface area (Å²) in [6.45, 7) is 3.05. The lowest BCUT2D eigenvalue weighted by molar-refractivity contribution is -0.147. The average molecular weight is 430 g/mol. The summed E-state index contributed by atoms with van der Waals surface area (Å²) in [6.07, 6.45) is -0.654. The second-order valence-corrected chi connectivity index (χ2v) is 6.67. The molecule has 0 fully saturated rings. The van der Waals surface area contributed by atoms with E-state index in [2.05, 4.69) is 63.9 Å². The molecule has 0 bridgehead atoms. The predicted octanol–water partition coefficient (Wildman–Crippen LogP) is 1.44. The highest BCUT2D eigenvalue weighted by Crippen LogP contribution is 2.11. The van der Waals surface area contributed by atoms with E-state index < -0.39 is 54.6 Å². The number of fused-ring (bicyclic) bond motifs is 1. The van der Waals surface area contributed by atoms with Gasteiger partial charge in [-0.25, -0.2) is 0 Å². The van der Waals surface area contributed by atoms with Crippen LogP contribution in [0.4, 0.5) is 0 Å². The van der Waals surface area contributed by atoms with Crippen molar-refractivity contribution in [3.05, 3.63) is 48.5 Å². The zero-order valence-electron chi connectivity index (χ0n) is 17.6. The molecule has 0 aliphatic rings. The van der Waals surface area contributed by atoms with Crippen LogP contribution in [0.25, 0.3) is 10.8 Å². The summed E-state index contributed by atoms with van der Waals surface area (Å²) < 4.78 is 4.47. The first-order valence-corrected chi connectivity index (χ1v) is 9.49. The number of carboxylic acids is 1. The minimum absolute atomic E-state index is 0.446. The minimum atomic E-state index is -1.34. The Balaban J connectivity index is 0.000000391. The van der Waals surface area contributed by atoms with E-state index in [0.29, 0.717) is 0 Å². The molecule has 9 nitrogen and oxygen atoms in total. The van der Waals surface area contributed by atoms with Crippen LogP contribution in [0.1, 0.15) is 27.2 Å². The van der Waals surface area contributed by atoms with Crippen LogP contribution in [0.15, 0.2) is 48.5 Å². The van der Waals surface area contributed by atoms with Crippen LogP contribution in [0.2, 0.25) is 0 Å². The molecule has 0 aliphatic heterocycles. The van der Waals surface area contributed by atoms with Crippen molar-refractivity contribution in [2.45, 2.75) is 39.3 Å². The van der Waals surface area contributed by atoms with E-state index in [1.165, 1.54) is 24.6 Å². The number of Topliss-reactive ketones (excluding diaryl/α,β-unsaturated/α-hetero) is 1. The van der Waals surface area contributed by atoms with Gasteiger partial charge in [-0.2, -0.15) is 0 Å². The van der Waals surface area contributed by atoms with E-state index in [9.17, 15) is 24.0 Å². The minimum Gasteiger partial charge on any atom is -0.481 e. The van der Waals surface area contributed by atoms with Gasteiger partial charge in [-0.3, -0.25) is 24.0 Å². The second kappa shape index (κ2) is 12.7. The average Bonchev–Trinajstić information content (AvgIpc) is 2.71. The van der Waals surface area contributed by atoms with E-state index >= 15 is 0 Å². The second-order valence-electron chi connectivity index (χ2n) is 6.67. The SMILES string of the molecule is CC(=O)NC(C)C(=O)NC(CC(=O)O)C(=O)COC(C)=O.c1ccc2ccccc2c1. The molecule has 2 atom stereocenters. The summed E-state index contributed by atoms with van der Waals surface area (Å²) in [7, 11) is 0. The molecule has 166 valence electrons. The molecule has 0 heterocycles. The maximum Gasteiger partial charge on any atom is 0.305 e. The first-order chi connectivity index (χ1) is 14.6. The predicted molar refractivity (Wildman–Crippen MR) is 113 cm³/mol. The number of amides is 2. The Morgan fingerprint density at radius 3 is 1.77 bits per heavy atom. The van der Waals surface area contributed by atoms with Gasteiger partial charge in [-0.05, 0) is 17.7 Å². The van der Waals surface area contributed by atoms with Crippen molar-refractivity contribution < 1.29 is 33.8 Å². The molecule has 2 rings (SSSR count). The van der Waals surface area contributed by atoms with Gasteiger partial charge < -0.3 is 20.5 Å². The number of carbonyl (C=O) groups is 5. The molecule has 3 N–H and O–H groups in total. The first kappa shape index (κ1) is 25.3. The van der Waals surface area contributed by atoms with Gasteiger partial charge in [0.1, 0.15) is 12.1 Å². The number of rotatable bonds is 8. The van der Waals surface area contributed by atoms with Gasteiger partial charge in [0.25, 0.3) is 0 Å². The van der Waals surface area contributed by atoms with Crippen molar-refractivity contribution in [3.8, 4) is 0 Å². The Morgan fingerprint density at radius 1 is 0.903 bits per heavy atom. The Hall–Kier alpha value is -3.75. The molecule has 0 spiro atoms. The summed E-state index contributed by atoms with van der Waals surface area (Å²) in [4.78, 5) is 55.6. The number of carboxylic acid groups (broad SMARTS) is 1. The topological polar surface area (TPSA) is 139 Å². The zero-order valence-corrected chi connectivity index (χ0v) is 17.6. The molecule has 2 aromatic carbocycles. The highest BCUT2D eigenvalue weighted by atomic mass is 16.5. The smallest absolute Gasteiger partial charge is 0.305 e. The van der Waals surface area contributed by atoms with Crippen LogP contribution < -0.4 is 10.6 Å². The Kier molecular flexibility index (Phi) is 10.4. The van der Waals surface area contributed by atoms with E-state index in [-0.39, 0.29) is 0 Å². The third-order valence-corrected chi connectivity index (χ3v) is 3.97. The van der Waals surface area contributed by atoms with Crippen LogP contribution in [-0.4, -0.2) is 53.3 Å². The molecule has 0 aromatic heterocycles. The number of carbonyl (C=O) groups excluding carboxylic acids is 4. The number of hydrogen-bond donors (Lipinski definition) is 3. The van der Waals surface area contributed by atoms with Crippen molar-refractivity contribution in [3.63, 3.8) is 0 Å². The maximum atomic E-state index is 11.7. The van der Waals surface area contributed by atoms with Gasteiger partial charge in [0.15, 0.2) is 12.4 Å². The summed E-state index contributed by atoms with van der Waals surface area (Å²) >= 11 is 0. The molecule has 0 radical (unpaired) electrons. The molecule has 2 amide bonds. The fourth-order valence-electron chi connectivity index (χ4n) is 2.49. The molecule has 0 saturated heterocycles. The molecule has 0 aliphatic carbocycles. The number of nitrogens with one attached hydrogen (secondary N) is 2. The Morgan fingerprint density at radius 2 is 1.39 bits per heavy atom. The number of benzene rings is 2. The highest BCUT2D eigenvalue weighted by molar-refractivity contribution is 5.95. The highest BCUT2D eigenvalue weighted by Gasteiger charge is 2.26. The molecule has 2 aromatic rings. The third kappa shape index (κ3) is 10.0. The number of ketones is 1. The number of aliphatic carboxylic acids is 1. The van der Waals surface area contributed by atoms with E-state index in [4.69, 9.17) is 5.11 Å². The van der Waals surface area contributed by atoms with E-state index in [1.54, 1.807) is 0 Å². The lowest BCUT2D eigenvalue weighted by Gasteiger charge is -2.19. The molecule has 2 unspecified atom stereocenters. The fraction of sp³-hybridized carbons (Fsp3) is 0.318. The summed E-state index contributed by atoms with van der Waals surface area (Å²) in [5, 5.41) is 15.8. The number of esters is 1. The summed E-state index contributed by atoms with van der Waals surface area (Å²) in [5.74, 6) is -3.92. The van der Waals surface area contributed by atoms with Crippen molar-refractivity contribution in [2.75, 3.05) is 6.61 Å². The fourth-order valence-corrected chi connectivity index (χ4v) is 2.49. The van der Waals surface area contributed by atoms with Gasteiger partial charge in [-0.15, -0.1) is 0 Å². The van der Waals surface area contributed by atoms with Crippen LogP contribution in [0, 0.1) is 0 Å². The monoisotopic (exact) mass is 430 g/mol. The van der Waals surface area contributed by atoms with Crippen LogP contribution >= 0.6 is 0 Å². The number of ether oxygens (including phenoxy) is 1. The van der Waals surface area contributed by atoms with E-state index in [1.807, 2.05) is 0 Å². The third-order valence-electron chi connectivity index (χ3n) is 3.97. The molecular formula is C22H26N2O7. The van der Waals surface area contributed by atoms with Gasteiger partial charge in [0.2, 0.25) is 11.8 Å². The van der Waals surface area contributed by atoms with Crippen LogP contribution in [0.5, 0.6) is 0 Å². The van der Waals surface area contributed by atoms with Crippen molar-refractivity contribution in [1.82, 2.24) is 10.6 Å². The Bertz CT molecular complexity index is 877. The number of hydrogen-bond acceptors (Lipinski definition) is 6. The van der Waals surface area contributed by atoms with Crippen molar-refractivity contribution >= 4 is 40.3 Å². The van der Waals surface area contributed by atoms with Gasteiger partial charge in [-0.1, -0.05) is 48.5 Å². The Labute approximate surface area is 179 Å². The molecule has 31 heavy (non-hydrogen) atoms. The van der Waals surface area contributed by atoms with Gasteiger partial charge in [0.05, 0.1) is 6.42 Å². The zero-order chi connectivity index (χ0) is 23.4. The quantitative estimate of drug-likeness (QED) is 0.539. The summed E-state index contributed by atoms with van der Waals surface area (Å²) in [5.41, 5.74) is 0. The van der Waals surface area contributed by atoms with Gasteiger partial charge in [0, 0.05) is 13.8 Å². The van der Waals surface area contributed by atoms with Crippen LogP contribution in [0.3, 0.4) is 0 Å². The lowest BCUT2D eigenvalue weighted by Crippen LogP contribution is -2.51. The van der Waals surface area contributed by atoms with Crippen LogP contribution in [-0.2, 0) is 28.7 Å². The molecule has 9 heteroatoms. The normalized spacial score (nSPS) is 11.8. The maximum absolute atomic E-state index is 11.7. The largest absolute Gasteiger partial charge is 0.481 e. The van der Waals surface area contributed by atoms with Crippen molar-refractivity contribution in [2.24, 2.45) is 0 Å². The lowest BCUT2D eigenvalue weighted by atomic mass is 10.1. The standard InChI is InChI=1S/C12H18N2O7.C10H8/c1-6(13-7(2)15)12(20)14-9(4-11(18)19)10(17)5-21-8(3)16;1-2-6-10-8-4-3-7-9(10)5-1/h6,9H,4-5H2,1-3H3,(H,13,15)(H,14,20)(H,18,19);1-8H. The van der Waals surface area contributed by atoms with Crippen molar-refractivity contribution in [1.29, 1.82) is 0 Å².